The molecule has 0 bridgehead atoms. The van der Waals surface area contributed by atoms with Crippen LogP contribution in [0, 0.1) is 13.8 Å². The highest BCUT2D eigenvalue weighted by molar-refractivity contribution is 5.98. The fourth-order valence-electron chi connectivity index (χ4n) is 1.99. The molecule has 2 heterocycles. The second-order valence-corrected chi connectivity index (χ2v) is 4.81. The summed E-state index contributed by atoms with van der Waals surface area (Å²) in [4.78, 5) is 16.5. The Morgan fingerprint density at radius 3 is 2.86 bits per heavy atom. The Morgan fingerprint density at radius 2 is 2.19 bits per heavy atom. The van der Waals surface area contributed by atoms with Crippen molar-refractivity contribution in [1.29, 1.82) is 0 Å². The summed E-state index contributed by atoms with van der Waals surface area (Å²) in [5.41, 5.74) is 2.25. The molecule has 112 valence electrons. The number of rotatable bonds is 6. The Hall–Kier alpha value is -2.37. The van der Waals surface area contributed by atoms with Gasteiger partial charge in [0, 0.05) is 24.8 Å². The lowest BCUT2D eigenvalue weighted by molar-refractivity contribution is 0.0951. The van der Waals surface area contributed by atoms with Gasteiger partial charge in [-0.05, 0) is 32.4 Å². The number of carbonyl (C=O) groups excluding carboxylic acids is 1. The number of hydrogen-bond acceptors (Lipinski definition) is 5. The van der Waals surface area contributed by atoms with Gasteiger partial charge < -0.3 is 15.2 Å². The summed E-state index contributed by atoms with van der Waals surface area (Å²) in [6, 6.07) is 3.51. The Morgan fingerprint density at radius 1 is 1.38 bits per heavy atom. The number of aryl methyl sites for hydroxylation is 2. The maximum absolute atomic E-state index is 12.3. The molecule has 0 radical (unpaired) electrons. The van der Waals surface area contributed by atoms with E-state index in [4.69, 9.17) is 4.52 Å². The Labute approximate surface area is 123 Å². The minimum Gasteiger partial charge on any atom is -0.369 e. The zero-order valence-electron chi connectivity index (χ0n) is 12.6. The molecule has 0 saturated heterocycles. The molecule has 0 aromatic carbocycles. The molecule has 0 aliphatic rings. The average molecular weight is 288 g/mol. The van der Waals surface area contributed by atoms with Crippen LogP contribution in [-0.2, 0) is 6.54 Å². The molecule has 2 aromatic heterocycles. The van der Waals surface area contributed by atoms with Gasteiger partial charge in [-0.3, -0.25) is 4.79 Å². The highest BCUT2D eigenvalue weighted by Gasteiger charge is 2.14. The molecule has 2 N–H and O–H groups in total. The molecule has 2 rings (SSSR count). The van der Waals surface area contributed by atoms with E-state index < -0.39 is 0 Å². The van der Waals surface area contributed by atoms with Crippen LogP contribution < -0.4 is 10.6 Å². The highest BCUT2D eigenvalue weighted by atomic mass is 16.5. The first kappa shape index (κ1) is 15.0. The third kappa shape index (κ3) is 3.59. The van der Waals surface area contributed by atoms with Crippen LogP contribution in [-0.4, -0.2) is 22.6 Å². The summed E-state index contributed by atoms with van der Waals surface area (Å²) in [7, 11) is 0. The van der Waals surface area contributed by atoms with E-state index in [0.29, 0.717) is 17.9 Å². The molecule has 0 saturated carbocycles. The van der Waals surface area contributed by atoms with E-state index in [1.54, 1.807) is 18.3 Å². The molecular formula is C15H20N4O2. The zero-order chi connectivity index (χ0) is 15.2. The van der Waals surface area contributed by atoms with Gasteiger partial charge in [0.1, 0.15) is 11.6 Å². The number of anilines is 1. The summed E-state index contributed by atoms with van der Waals surface area (Å²) in [6.45, 7) is 6.92. The van der Waals surface area contributed by atoms with E-state index in [0.717, 1.165) is 30.0 Å². The Bertz CT molecular complexity index is 602. The molecule has 1 amide bonds. The van der Waals surface area contributed by atoms with Gasteiger partial charge in [0.15, 0.2) is 0 Å². The maximum Gasteiger partial charge on any atom is 0.255 e. The number of nitrogens with zero attached hydrogens (tertiary/aromatic N) is 2. The summed E-state index contributed by atoms with van der Waals surface area (Å²) < 4.78 is 5.08. The van der Waals surface area contributed by atoms with E-state index in [9.17, 15) is 4.79 Å². The third-order valence-corrected chi connectivity index (χ3v) is 3.20. The largest absolute Gasteiger partial charge is 0.369 e. The van der Waals surface area contributed by atoms with Gasteiger partial charge in [0.2, 0.25) is 0 Å². The second kappa shape index (κ2) is 6.88. The van der Waals surface area contributed by atoms with Crippen molar-refractivity contribution in [2.24, 2.45) is 0 Å². The predicted molar refractivity (Wildman–Crippen MR) is 80.2 cm³/mol. The summed E-state index contributed by atoms with van der Waals surface area (Å²) in [5.74, 6) is 1.17. The maximum atomic E-state index is 12.3. The standard InChI is InChI=1S/C15H20N4O2/c1-4-7-16-14-12(6-5-8-17-14)15(20)18-9-13-10(2)19-21-11(13)3/h5-6,8H,4,7,9H2,1-3H3,(H,16,17)(H,18,20). The number of carbonyl (C=O) groups is 1. The van der Waals surface area contributed by atoms with E-state index in [1.165, 1.54) is 0 Å². The minimum atomic E-state index is -0.165. The molecule has 0 spiro atoms. The summed E-state index contributed by atoms with van der Waals surface area (Å²) >= 11 is 0. The molecule has 0 fully saturated rings. The SMILES string of the molecule is CCCNc1ncccc1C(=O)NCc1c(C)noc1C. The highest BCUT2D eigenvalue weighted by Crippen LogP contribution is 2.14. The molecule has 0 aliphatic heterocycles. The molecule has 0 unspecified atom stereocenters. The lowest BCUT2D eigenvalue weighted by Gasteiger charge is -2.10. The smallest absolute Gasteiger partial charge is 0.255 e. The van der Waals surface area contributed by atoms with Gasteiger partial charge in [-0.1, -0.05) is 12.1 Å². The molecule has 6 nitrogen and oxygen atoms in total. The third-order valence-electron chi connectivity index (χ3n) is 3.20. The van der Waals surface area contributed by atoms with E-state index in [-0.39, 0.29) is 5.91 Å². The predicted octanol–water partition coefficient (Wildman–Crippen LogP) is 2.44. The first-order valence-electron chi connectivity index (χ1n) is 7.02. The average Bonchev–Trinajstić information content (AvgIpc) is 2.82. The van der Waals surface area contributed by atoms with Gasteiger partial charge in [-0.25, -0.2) is 4.98 Å². The van der Waals surface area contributed by atoms with E-state index in [1.807, 2.05) is 13.8 Å². The monoisotopic (exact) mass is 288 g/mol. The van der Waals surface area contributed by atoms with Crippen molar-refractivity contribution in [3.63, 3.8) is 0 Å². The zero-order valence-corrected chi connectivity index (χ0v) is 12.6. The number of aromatic nitrogens is 2. The Balaban J connectivity index is 2.07. The van der Waals surface area contributed by atoms with Crippen molar-refractivity contribution in [3.8, 4) is 0 Å². The van der Waals surface area contributed by atoms with Crippen LogP contribution >= 0.6 is 0 Å². The summed E-state index contributed by atoms with van der Waals surface area (Å²) in [6.07, 6.45) is 2.64. The van der Waals surface area contributed by atoms with Crippen LogP contribution in [0.25, 0.3) is 0 Å². The van der Waals surface area contributed by atoms with Gasteiger partial charge >= 0.3 is 0 Å². The van der Waals surface area contributed by atoms with Crippen LogP contribution in [0.2, 0.25) is 0 Å². The van der Waals surface area contributed by atoms with Gasteiger partial charge in [0.25, 0.3) is 5.91 Å². The van der Waals surface area contributed by atoms with E-state index >= 15 is 0 Å². The molecule has 0 atom stereocenters. The number of pyridine rings is 1. The van der Waals surface area contributed by atoms with Crippen molar-refractivity contribution in [2.75, 3.05) is 11.9 Å². The summed E-state index contributed by atoms with van der Waals surface area (Å²) in [5, 5.41) is 9.91. The van der Waals surface area contributed by atoms with Crippen LogP contribution in [0.15, 0.2) is 22.9 Å². The van der Waals surface area contributed by atoms with E-state index in [2.05, 4.69) is 27.7 Å². The van der Waals surface area contributed by atoms with Crippen molar-refractivity contribution in [1.82, 2.24) is 15.5 Å². The number of nitrogens with one attached hydrogen (secondary N) is 2. The van der Waals surface area contributed by atoms with Crippen molar-refractivity contribution < 1.29 is 9.32 Å². The Kier molecular flexibility index (Phi) is 4.92. The van der Waals surface area contributed by atoms with Crippen molar-refractivity contribution in [2.45, 2.75) is 33.7 Å². The lowest BCUT2D eigenvalue weighted by Crippen LogP contribution is -2.25. The van der Waals surface area contributed by atoms with Crippen LogP contribution in [0.3, 0.4) is 0 Å². The fraction of sp³-hybridized carbons (Fsp3) is 0.400. The first-order chi connectivity index (χ1) is 10.1. The normalized spacial score (nSPS) is 10.4. The van der Waals surface area contributed by atoms with Gasteiger partial charge in [-0.15, -0.1) is 0 Å². The van der Waals surface area contributed by atoms with Crippen molar-refractivity contribution in [3.05, 3.63) is 40.9 Å². The topological polar surface area (TPSA) is 80.0 Å². The van der Waals surface area contributed by atoms with Crippen LogP contribution in [0.5, 0.6) is 0 Å². The van der Waals surface area contributed by atoms with Gasteiger partial charge in [0.05, 0.1) is 11.3 Å². The molecular weight excluding hydrogens is 268 g/mol. The molecule has 0 aliphatic carbocycles. The molecule has 6 heteroatoms. The number of amides is 1. The molecule has 21 heavy (non-hydrogen) atoms. The lowest BCUT2D eigenvalue weighted by atomic mass is 10.2. The van der Waals surface area contributed by atoms with Crippen LogP contribution in [0.1, 0.15) is 40.7 Å². The second-order valence-electron chi connectivity index (χ2n) is 4.81. The first-order valence-corrected chi connectivity index (χ1v) is 7.02. The van der Waals surface area contributed by atoms with Gasteiger partial charge in [-0.2, -0.15) is 0 Å². The minimum absolute atomic E-state index is 0.165. The fourth-order valence-corrected chi connectivity index (χ4v) is 1.99. The van der Waals surface area contributed by atoms with Crippen molar-refractivity contribution >= 4 is 11.7 Å². The molecule has 2 aromatic rings. The van der Waals surface area contributed by atoms with Crippen LogP contribution in [0.4, 0.5) is 5.82 Å². The number of hydrogen-bond donors (Lipinski definition) is 2. The quantitative estimate of drug-likeness (QED) is 0.853.